The van der Waals surface area contributed by atoms with E-state index < -0.39 is 5.91 Å². The molecule has 1 aromatic rings. The van der Waals surface area contributed by atoms with Gasteiger partial charge in [0, 0.05) is 5.69 Å². The molecule has 0 aliphatic carbocycles. The summed E-state index contributed by atoms with van der Waals surface area (Å²) < 4.78 is 0. The van der Waals surface area contributed by atoms with Crippen LogP contribution in [-0.4, -0.2) is 17.3 Å². The van der Waals surface area contributed by atoms with Crippen LogP contribution in [0.5, 0.6) is 0 Å². The standard InChI is InChI=1S/C16H24N2O2/c1-15(2,3)11-7-8-13(18-14(19)10-17-20)12(9-11)16(4,5)6/h7-10,20H,1-6H3,(H,18,19). The lowest BCUT2D eigenvalue weighted by Crippen LogP contribution is -2.21. The van der Waals surface area contributed by atoms with Crippen molar-refractivity contribution in [3.05, 3.63) is 29.3 Å². The number of nitrogens with zero attached hydrogens (tertiary/aromatic N) is 1. The minimum atomic E-state index is -0.443. The lowest BCUT2D eigenvalue weighted by molar-refractivity contribution is -0.110. The molecule has 0 unspecified atom stereocenters. The Morgan fingerprint density at radius 3 is 2.20 bits per heavy atom. The minimum absolute atomic E-state index is 0.0507. The average Bonchev–Trinajstić information content (AvgIpc) is 2.26. The summed E-state index contributed by atoms with van der Waals surface area (Å²) in [5, 5.41) is 13.9. The van der Waals surface area contributed by atoms with Crippen molar-refractivity contribution >= 4 is 17.8 Å². The number of anilines is 1. The summed E-state index contributed by atoms with van der Waals surface area (Å²) in [4.78, 5) is 11.6. The molecule has 0 spiro atoms. The second kappa shape index (κ2) is 5.65. The van der Waals surface area contributed by atoms with E-state index in [-0.39, 0.29) is 10.8 Å². The first-order valence-corrected chi connectivity index (χ1v) is 6.69. The molecule has 0 fully saturated rings. The van der Waals surface area contributed by atoms with E-state index in [9.17, 15) is 4.79 Å². The van der Waals surface area contributed by atoms with Gasteiger partial charge in [-0.05, 0) is 28.0 Å². The highest BCUT2D eigenvalue weighted by atomic mass is 16.4. The van der Waals surface area contributed by atoms with Gasteiger partial charge in [-0.2, -0.15) is 0 Å². The highest BCUT2D eigenvalue weighted by Crippen LogP contribution is 2.34. The number of hydrogen-bond donors (Lipinski definition) is 2. The summed E-state index contributed by atoms with van der Waals surface area (Å²) in [6.45, 7) is 12.8. The molecule has 1 amide bonds. The molecule has 0 aliphatic heterocycles. The van der Waals surface area contributed by atoms with Gasteiger partial charge in [-0.3, -0.25) is 4.79 Å². The van der Waals surface area contributed by atoms with E-state index in [0.717, 1.165) is 17.5 Å². The summed E-state index contributed by atoms with van der Waals surface area (Å²) in [5.74, 6) is -0.443. The maximum atomic E-state index is 11.6. The summed E-state index contributed by atoms with van der Waals surface area (Å²) in [6.07, 6.45) is 0.851. The summed E-state index contributed by atoms with van der Waals surface area (Å²) >= 11 is 0. The van der Waals surface area contributed by atoms with Crippen molar-refractivity contribution in [2.45, 2.75) is 52.4 Å². The number of hydrogen-bond acceptors (Lipinski definition) is 3. The summed E-state index contributed by atoms with van der Waals surface area (Å²) in [5.41, 5.74) is 2.98. The Hall–Kier alpha value is -1.84. The van der Waals surface area contributed by atoms with Crippen LogP contribution in [0.3, 0.4) is 0 Å². The highest BCUT2D eigenvalue weighted by Gasteiger charge is 2.22. The molecule has 0 bridgehead atoms. The van der Waals surface area contributed by atoms with Crippen LogP contribution < -0.4 is 5.32 Å². The second-order valence-electron chi connectivity index (χ2n) is 6.99. The highest BCUT2D eigenvalue weighted by molar-refractivity contribution is 6.31. The van der Waals surface area contributed by atoms with Crippen LogP contribution >= 0.6 is 0 Å². The first-order chi connectivity index (χ1) is 9.05. The number of benzene rings is 1. The number of amides is 1. The minimum Gasteiger partial charge on any atom is -0.411 e. The third kappa shape index (κ3) is 4.08. The molecule has 0 aliphatic rings. The Kier molecular flexibility index (Phi) is 4.58. The van der Waals surface area contributed by atoms with Gasteiger partial charge in [0.2, 0.25) is 0 Å². The maximum absolute atomic E-state index is 11.6. The first-order valence-electron chi connectivity index (χ1n) is 6.69. The quantitative estimate of drug-likeness (QED) is 0.491. The van der Waals surface area contributed by atoms with Gasteiger partial charge in [0.1, 0.15) is 6.21 Å². The molecular formula is C16H24N2O2. The molecule has 4 heteroatoms. The van der Waals surface area contributed by atoms with Gasteiger partial charge in [0.25, 0.3) is 5.91 Å². The van der Waals surface area contributed by atoms with Crippen LogP contribution in [0.1, 0.15) is 52.7 Å². The second-order valence-corrected chi connectivity index (χ2v) is 6.99. The number of carbonyl (C=O) groups excluding carboxylic acids is 1. The van der Waals surface area contributed by atoms with E-state index in [0.29, 0.717) is 0 Å². The molecule has 0 saturated carbocycles. The summed E-state index contributed by atoms with van der Waals surface area (Å²) in [6, 6.07) is 6.05. The Balaban J connectivity index is 3.28. The Labute approximate surface area is 120 Å². The number of oxime groups is 1. The zero-order chi connectivity index (χ0) is 15.6. The van der Waals surface area contributed by atoms with Crippen molar-refractivity contribution in [1.29, 1.82) is 0 Å². The van der Waals surface area contributed by atoms with Crippen LogP contribution in [-0.2, 0) is 15.6 Å². The van der Waals surface area contributed by atoms with Crippen LogP contribution in [0.2, 0.25) is 0 Å². The molecular weight excluding hydrogens is 252 g/mol. The fraction of sp³-hybridized carbons (Fsp3) is 0.500. The molecule has 1 aromatic carbocycles. The van der Waals surface area contributed by atoms with Gasteiger partial charge in [-0.1, -0.05) is 58.8 Å². The average molecular weight is 276 g/mol. The van der Waals surface area contributed by atoms with E-state index >= 15 is 0 Å². The fourth-order valence-electron chi connectivity index (χ4n) is 1.96. The zero-order valence-electron chi connectivity index (χ0n) is 13.1. The van der Waals surface area contributed by atoms with Crippen LogP contribution in [0, 0.1) is 0 Å². The van der Waals surface area contributed by atoms with E-state index in [4.69, 9.17) is 5.21 Å². The third-order valence-electron chi connectivity index (χ3n) is 3.13. The van der Waals surface area contributed by atoms with E-state index in [1.807, 2.05) is 12.1 Å². The van der Waals surface area contributed by atoms with Gasteiger partial charge >= 0.3 is 0 Å². The van der Waals surface area contributed by atoms with Gasteiger partial charge in [-0.15, -0.1) is 0 Å². The van der Waals surface area contributed by atoms with E-state index in [1.54, 1.807) is 0 Å². The largest absolute Gasteiger partial charge is 0.411 e. The molecule has 1 rings (SSSR count). The van der Waals surface area contributed by atoms with Crippen molar-refractivity contribution < 1.29 is 10.0 Å². The Morgan fingerprint density at radius 1 is 1.15 bits per heavy atom. The molecule has 0 aromatic heterocycles. The smallest absolute Gasteiger partial charge is 0.270 e. The molecule has 20 heavy (non-hydrogen) atoms. The fourth-order valence-corrected chi connectivity index (χ4v) is 1.96. The lowest BCUT2D eigenvalue weighted by Gasteiger charge is -2.27. The van der Waals surface area contributed by atoms with Gasteiger partial charge < -0.3 is 10.5 Å². The first kappa shape index (κ1) is 16.2. The normalized spacial score (nSPS) is 12.7. The topological polar surface area (TPSA) is 61.7 Å². The molecule has 0 heterocycles. The molecule has 4 nitrogen and oxygen atoms in total. The Bertz CT molecular complexity index is 520. The zero-order valence-corrected chi connectivity index (χ0v) is 13.1. The predicted octanol–water partition coefficient (Wildman–Crippen LogP) is 3.68. The van der Waals surface area contributed by atoms with Crippen molar-refractivity contribution in [2.75, 3.05) is 5.32 Å². The predicted molar refractivity (Wildman–Crippen MR) is 82.8 cm³/mol. The van der Waals surface area contributed by atoms with Crippen LogP contribution in [0.15, 0.2) is 23.4 Å². The number of nitrogens with one attached hydrogen (secondary N) is 1. The van der Waals surface area contributed by atoms with Crippen LogP contribution in [0.4, 0.5) is 5.69 Å². The maximum Gasteiger partial charge on any atom is 0.270 e. The van der Waals surface area contributed by atoms with E-state index in [2.05, 4.69) is 58.1 Å². The van der Waals surface area contributed by atoms with Crippen molar-refractivity contribution in [1.82, 2.24) is 0 Å². The number of rotatable bonds is 2. The monoisotopic (exact) mass is 276 g/mol. The molecule has 2 N–H and O–H groups in total. The van der Waals surface area contributed by atoms with Gasteiger partial charge in [-0.25, -0.2) is 0 Å². The van der Waals surface area contributed by atoms with Crippen molar-refractivity contribution in [2.24, 2.45) is 5.16 Å². The third-order valence-corrected chi connectivity index (χ3v) is 3.13. The van der Waals surface area contributed by atoms with Gasteiger partial charge in [0.15, 0.2) is 0 Å². The van der Waals surface area contributed by atoms with Crippen molar-refractivity contribution in [3.63, 3.8) is 0 Å². The number of carbonyl (C=O) groups is 1. The summed E-state index contributed by atoms with van der Waals surface area (Å²) in [7, 11) is 0. The molecule has 0 saturated heterocycles. The Morgan fingerprint density at radius 2 is 1.75 bits per heavy atom. The molecule has 0 atom stereocenters. The molecule has 110 valence electrons. The van der Waals surface area contributed by atoms with Crippen molar-refractivity contribution in [3.8, 4) is 0 Å². The van der Waals surface area contributed by atoms with Gasteiger partial charge in [0.05, 0.1) is 0 Å². The lowest BCUT2D eigenvalue weighted by atomic mass is 9.80. The SMILES string of the molecule is CC(C)(C)c1ccc(NC(=O)C=NO)c(C(C)(C)C)c1. The van der Waals surface area contributed by atoms with Crippen LogP contribution in [0.25, 0.3) is 0 Å². The van der Waals surface area contributed by atoms with E-state index in [1.165, 1.54) is 5.56 Å². The molecule has 0 radical (unpaired) electrons.